The highest BCUT2D eigenvalue weighted by atomic mass is 16.3. The molecule has 0 fully saturated rings. The molecule has 0 saturated heterocycles. The van der Waals surface area contributed by atoms with Gasteiger partial charge in [0.25, 0.3) is 0 Å². The number of hydrogen-bond donors (Lipinski definition) is 0. The summed E-state index contributed by atoms with van der Waals surface area (Å²) in [5, 5.41) is 7.23. The van der Waals surface area contributed by atoms with Crippen LogP contribution in [0.25, 0.3) is 93.6 Å². The van der Waals surface area contributed by atoms with Crippen LogP contribution in [-0.2, 0) is 0 Å². The largest absolute Gasteiger partial charge is 0.456 e. The van der Waals surface area contributed by atoms with Crippen LogP contribution in [-0.4, -0.2) is 4.57 Å². The zero-order valence-electron chi connectivity index (χ0n) is 33.2. The lowest BCUT2D eigenvalue weighted by atomic mass is 9.98. The van der Waals surface area contributed by atoms with Crippen molar-refractivity contribution in [2.45, 2.75) is 0 Å². The second-order valence-electron chi connectivity index (χ2n) is 15.8. The molecule has 12 aromatic rings. The lowest BCUT2D eigenvalue weighted by Crippen LogP contribution is -2.10. The fourth-order valence-corrected chi connectivity index (χ4v) is 9.18. The van der Waals surface area contributed by atoms with Crippen molar-refractivity contribution in [2.24, 2.45) is 0 Å². The number of benzene rings is 10. The maximum absolute atomic E-state index is 6.28. The Balaban J connectivity index is 0.885. The number of anilines is 3. The smallest absolute Gasteiger partial charge is 0.136 e. The van der Waals surface area contributed by atoms with E-state index in [1.54, 1.807) is 0 Å². The highest BCUT2D eigenvalue weighted by Gasteiger charge is 2.16. The van der Waals surface area contributed by atoms with Gasteiger partial charge in [-0.15, -0.1) is 0 Å². The lowest BCUT2D eigenvalue weighted by Gasteiger charge is -2.26. The first kappa shape index (κ1) is 34.9. The van der Waals surface area contributed by atoms with Gasteiger partial charge in [0.05, 0.1) is 11.0 Å². The SMILES string of the molecule is c1cc(-c2ccc(N(c3cccc(-c4ccc5c(c4)oc4ccccc45)c3)c3ccc4ccccc4c3)cc2)cc(-c2ccc(-n3c4ccccc4c4ccccc43)cc2)c1. The van der Waals surface area contributed by atoms with Crippen molar-refractivity contribution < 1.29 is 4.42 Å². The molecular formula is C58H38N2O. The van der Waals surface area contributed by atoms with E-state index in [9.17, 15) is 0 Å². The second-order valence-corrected chi connectivity index (χ2v) is 15.8. The van der Waals surface area contributed by atoms with Gasteiger partial charge in [-0.1, -0.05) is 146 Å². The molecule has 0 radical (unpaired) electrons. The molecule has 0 aliphatic rings. The number of hydrogen-bond acceptors (Lipinski definition) is 2. The van der Waals surface area contributed by atoms with E-state index in [0.717, 1.165) is 55.8 Å². The fourth-order valence-electron chi connectivity index (χ4n) is 9.18. The Labute approximate surface area is 353 Å². The Bertz CT molecular complexity index is 3540. The molecule has 0 saturated carbocycles. The fraction of sp³-hybridized carbons (Fsp3) is 0. The molecule has 0 N–H and O–H groups in total. The molecule has 12 rings (SSSR count). The van der Waals surface area contributed by atoms with Gasteiger partial charge in [-0.2, -0.15) is 0 Å². The van der Waals surface area contributed by atoms with E-state index in [0.29, 0.717) is 0 Å². The van der Waals surface area contributed by atoms with Crippen LogP contribution in [0.4, 0.5) is 17.1 Å². The van der Waals surface area contributed by atoms with Crippen LogP contribution in [0, 0.1) is 0 Å². The van der Waals surface area contributed by atoms with E-state index in [1.807, 2.05) is 12.1 Å². The predicted molar refractivity (Wildman–Crippen MR) is 257 cm³/mol. The van der Waals surface area contributed by atoms with Crippen LogP contribution in [0.5, 0.6) is 0 Å². The number of nitrogens with zero attached hydrogens (tertiary/aromatic N) is 2. The number of aromatic nitrogens is 1. The predicted octanol–water partition coefficient (Wildman–Crippen LogP) is 16.3. The van der Waals surface area contributed by atoms with Gasteiger partial charge >= 0.3 is 0 Å². The molecule has 0 aliphatic heterocycles. The van der Waals surface area contributed by atoms with E-state index >= 15 is 0 Å². The van der Waals surface area contributed by atoms with Crippen molar-refractivity contribution in [3.63, 3.8) is 0 Å². The minimum absolute atomic E-state index is 0.895. The third kappa shape index (κ3) is 6.06. The summed E-state index contributed by atoms with van der Waals surface area (Å²) in [7, 11) is 0. The third-order valence-electron chi connectivity index (χ3n) is 12.2. The van der Waals surface area contributed by atoms with Gasteiger partial charge < -0.3 is 13.9 Å². The normalized spacial score (nSPS) is 11.6. The van der Waals surface area contributed by atoms with Crippen LogP contribution < -0.4 is 4.90 Å². The summed E-state index contributed by atoms with van der Waals surface area (Å²) in [5.41, 5.74) is 15.6. The van der Waals surface area contributed by atoms with Gasteiger partial charge in [-0.25, -0.2) is 0 Å². The van der Waals surface area contributed by atoms with Crippen molar-refractivity contribution in [3.05, 3.63) is 231 Å². The molecule has 0 aliphatic carbocycles. The average Bonchev–Trinajstić information content (AvgIpc) is 3.88. The lowest BCUT2D eigenvalue weighted by molar-refractivity contribution is 0.669. The zero-order chi connectivity index (χ0) is 40.3. The van der Waals surface area contributed by atoms with E-state index in [4.69, 9.17) is 4.42 Å². The molecule has 0 unspecified atom stereocenters. The molecule has 0 amide bonds. The highest BCUT2D eigenvalue weighted by Crippen LogP contribution is 2.40. The average molecular weight is 779 g/mol. The molecule has 3 heteroatoms. The number of furan rings is 1. The van der Waals surface area contributed by atoms with Crippen LogP contribution >= 0.6 is 0 Å². The summed E-state index contributed by atoms with van der Waals surface area (Å²) in [6.07, 6.45) is 0. The van der Waals surface area contributed by atoms with E-state index in [2.05, 4.69) is 228 Å². The second kappa shape index (κ2) is 14.3. The maximum Gasteiger partial charge on any atom is 0.136 e. The molecule has 0 atom stereocenters. The summed E-state index contributed by atoms with van der Waals surface area (Å²) in [4.78, 5) is 2.36. The minimum Gasteiger partial charge on any atom is -0.456 e. The van der Waals surface area contributed by atoms with E-state index in [-0.39, 0.29) is 0 Å². The Morgan fingerprint density at radius 1 is 0.295 bits per heavy atom. The maximum atomic E-state index is 6.28. The zero-order valence-corrected chi connectivity index (χ0v) is 33.2. The number of para-hydroxylation sites is 3. The topological polar surface area (TPSA) is 21.3 Å². The standard InChI is InChI=1S/C58H38N2O/c1-2-12-44-36-50(33-27-39(44)11-1)59(49-16-10-15-45(37-49)46-28-34-54-53-19-5-8-22-57(53)61-58(54)38-46)47-29-23-40(24-30-47)42-13-9-14-43(35-42)41-25-31-48(32-26-41)60-55-20-6-3-17-51(55)52-18-4-7-21-56(52)60/h1-38H. The van der Waals surface area contributed by atoms with Gasteiger partial charge in [0, 0.05) is 44.3 Å². The van der Waals surface area contributed by atoms with Gasteiger partial charge in [0.2, 0.25) is 0 Å². The third-order valence-corrected chi connectivity index (χ3v) is 12.2. The highest BCUT2D eigenvalue weighted by molar-refractivity contribution is 6.09. The summed E-state index contributed by atoms with van der Waals surface area (Å²) in [6, 6.07) is 83.0. The van der Waals surface area contributed by atoms with Gasteiger partial charge in [-0.3, -0.25) is 0 Å². The first-order valence-electron chi connectivity index (χ1n) is 20.8. The van der Waals surface area contributed by atoms with E-state index in [1.165, 1.54) is 54.8 Å². The summed E-state index contributed by atoms with van der Waals surface area (Å²) >= 11 is 0. The van der Waals surface area contributed by atoms with Crippen molar-refractivity contribution in [2.75, 3.05) is 4.90 Å². The van der Waals surface area contributed by atoms with Crippen molar-refractivity contribution in [1.82, 2.24) is 4.57 Å². The van der Waals surface area contributed by atoms with Crippen LogP contribution in [0.3, 0.4) is 0 Å². The summed E-state index contributed by atoms with van der Waals surface area (Å²) < 4.78 is 8.65. The monoisotopic (exact) mass is 778 g/mol. The molecule has 0 spiro atoms. The minimum atomic E-state index is 0.895. The van der Waals surface area contributed by atoms with Gasteiger partial charge in [0.1, 0.15) is 11.2 Å². The van der Waals surface area contributed by atoms with Gasteiger partial charge in [-0.05, 0) is 129 Å². The molecule has 2 heterocycles. The molecule has 3 nitrogen and oxygen atoms in total. The molecular weight excluding hydrogens is 741 g/mol. The van der Waals surface area contributed by atoms with Crippen LogP contribution in [0.1, 0.15) is 0 Å². The Morgan fingerprint density at radius 3 is 1.56 bits per heavy atom. The first-order chi connectivity index (χ1) is 30.2. The van der Waals surface area contributed by atoms with Gasteiger partial charge in [0.15, 0.2) is 0 Å². The molecule has 2 aromatic heterocycles. The quantitative estimate of drug-likeness (QED) is 0.161. The summed E-state index contributed by atoms with van der Waals surface area (Å²) in [5.74, 6) is 0. The first-order valence-corrected chi connectivity index (χ1v) is 20.8. The summed E-state index contributed by atoms with van der Waals surface area (Å²) in [6.45, 7) is 0. The number of fused-ring (bicyclic) bond motifs is 7. The van der Waals surface area contributed by atoms with E-state index < -0.39 is 0 Å². The van der Waals surface area contributed by atoms with Crippen LogP contribution in [0.15, 0.2) is 235 Å². The van der Waals surface area contributed by atoms with Crippen molar-refractivity contribution in [1.29, 1.82) is 0 Å². The molecule has 61 heavy (non-hydrogen) atoms. The molecule has 10 aromatic carbocycles. The number of rotatable bonds is 7. The Morgan fingerprint density at radius 2 is 0.820 bits per heavy atom. The van der Waals surface area contributed by atoms with Crippen molar-refractivity contribution >= 4 is 71.6 Å². The van der Waals surface area contributed by atoms with Crippen LogP contribution in [0.2, 0.25) is 0 Å². The molecule has 0 bridgehead atoms. The molecule has 286 valence electrons. The Hall–Kier alpha value is -8.14. The Kier molecular flexibility index (Phi) is 8.17. The van der Waals surface area contributed by atoms with Crippen molar-refractivity contribution in [3.8, 4) is 39.1 Å².